The van der Waals surface area contributed by atoms with Crippen molar-refractivity contribution in [2.75, 3.05) is 13.2 Å². The summed E-state index contributed by atoms with van der Waals surface area (Å²) >= 11 is 0. The number of benzene rings is 1. The first-order valence-electron chi connectivity index (χ1n) is 16.8. The predicted octanol–water partition coefficient (Wildman–Crippen LogP) is 4.69. The number of nitrogens with one attached hydrogen (secondary N) is 2. The van der Waals surface area contributed by atoms with Crippen molar-refractivity contribution in [1.82, 2.24) is 25.5 Å². The van der Waals surface area contributed by atoms with E-state index in [9.17, 15) is 19.2 Å². The fourth-order valence-corrected chi connectivity index (χ4v) is 6.88. The number of amides is 3. The van der Waals surface area contributed by atoms with Crippen molar-refractivity contribution in [1.29, 1.82) is 0 Å². The number of halogens is 2. The third-order valence-corrected chi connectivity index (χ3v) is 9.19. The summed E-state index contributed by atoms with van der Waals surface area (Å²) in [6.07, 6.45) is 0.386. The Balaban J connectivity index is 1.47. The van der Waals surface area contributed by atoms with Crippen molar-refractivity contribution < 1.29 is 42.2 Å². The van der Waals surface area contributed by atoms with E-state index >= 15 is 8.78 Å². The fraction of sp³-hybridized carbons (Fsp3) is 0.647. The second-order valence-corrected chi connectivity index (χ2v) is 14.0. The molecule has 2 aliphatic heterocycles. The quantitative estimate of drug-likeness (QED) is 0.431. The Labute approximate surface area is 278 Å². The zero-order chi connectivity index (χ0) is 34.7. The van der Waals surface area contributed by atoms with Gasteiger partial charge in [-0.25, -0.2) is 28.3 Å². The molecule has 0 radical (unpaired) electrons. The number of fused-ring (bicyclic) bond motifs is 4. The van der Waals surface area contributed by atoms with Gasteiger partial charge in [-0.3, -0.25) is 9.59 Å². The SMILES string of the molecule is CCOC(=O)[C@@]12CCC(C1)C(F)(F)CCCCC[C@H](NC(=O)OC(C)(C)C)C(=O)N1C[C@H](Oc3cnc4ccccc4n3)C[C@H]1C(=O)N2. The molecule has 3 fully saturated rings. The molecule has 5 atom stereocenters. The Hall–Kier alpha value is -4.10. The van der Waals surface area contributed by atoms with Gasteiger partial charge in [-0.15, -0.1) is 0 Å². The lowest BCUT2D eigenvalue weighted by Crippen LogP contribution is -2.60. The number of carbonyl (C=O) groups excluding carboxylic acids is 4. The van der Waals surface area contributed by atoms with Crippen LogP contribution in [0.4, 0.5) is 13.6 Å². The molecule has 262 valence electrons. The normalized spacial score (nSPS) is 28.1. The Morgan fingerprint density at radius 2 is 1.83 bits per heavy atom. The van der Waals surface area contributed by atoms with Gasteiger partial charge in [0, 0.05) is 18.8 Å². The Bertz CT molecular complexity index is 1520. The highest BCUT2D eigenvalue weighted by atomic mass is 19.3. The van der Waals surface area contributed by atoms with Gasteiger partial charge >= 0.3 is 12.1 Å². The van der Waals surface area contributed by atoms with Gasteiger partial charge in [0.15, 0.2) is 0 Å². The Morgan fingerprint density at radius 1 is 1.08 bits per heavy atom. The lowest BCUT2D eigenvalue weighted by Gasteiger charge is -2.33. The second-order valence-electron chi connectivity index (χ2n) is 14.0. The second kappa shape index (κ2) is 14.2. The van der Waals surface area contributed by atoms with Gasteiger partial charge in [-0.2, -0.15) is 0 Å². The number of rotatable bonds is 5. The number of esters is 1. The van der Waals surface area contributed by atoms with E-state index in [0.717, 1.165) is 0 Å². The highest BCUT2D eigenvalue weighted by Gasteiger charge is 2.56. The van der Waals surface area contributed by atoms with Gasteiger partial charge in [0.05, 0.1) is 30.4 Å². The summed E-state index contributed by atoms with van der Waals surface area (Å²) in [5.41, 5.74) is -1.25. The van der Waals surface area contributed by atoms with Gasteiger partial charge in [0.1, 0.15) is 29.3 Å². The van der Waals surface area contributed by atoms with E-state index in [1.165, 1.54) is 11.1 Å². The molecule has 3 amide bonds. The molecule has 1 aromatic heterocycles. The van der Waals surface area contributed by atoms with Crippen LogP contribution in [0.3, 0.4) is 0 Å². The van der Waals surface area contributed by atoms with Crippen LogP contribution in [0.25, 0.3) is 11.0 Å². The van der Waals surface area contributed by atoms with Gasteiger partial charge < -0.3 is 29.7 Å². The topological polar surface area (TPSA) is 149 Å². The van der Waals surface area contributed by atoms with Crippen LogP contribution >= 0.6 is 0 Å². The van der Waals surface area contributed by atoms with E-state index in [0.29, 0.717) is 23.9 Å². The molecule has 1 aliphatic carbocycles. The number of nitrogens with zero attached hydrogens (tertiary/aromatic N) is 3. The Morgan fingerprint density at radius 3 is 2.56 bits per heavy atom. The number of hydrogen-bond donors (Lipinski definition) is 2. The molecule has 2 saturated heterocycles. The molecule has 3 aliphatic rings. The maximum Gasteiger partial charge on any atom is 0.408 e. The van der Waals surface area contributed by atoms with E-state index in [4.69, 9.17) is 14.2 Å². The van der Waals surface area contributed by atoms with Crippen LogP contribution in [-0.4, -0.2) is 87.1 Å². The smallest absolute Gasteiger partial charge is 0.408 e. The summed E-state index contributed by atoms with van der Waals surface area (Å²) in [7, 11) is 0. The molecule has 1 unspecified atom stereocenters. The molecule has 1 aromatic carbocycles. The molecule has 1 saturated carbocycles. The van der Waals surface area contributed by atoms with Gasteiger partial charge in [0.2, 0.25) is 17.7 Å². The van der Waals surface area contributed by atoms with E-state index in [1.807, 2.05) is 18.2 Å². The minimum Gasteiger partial charge on any atom is -0.471 e. The molecule has 2 bridgehead atoms. The summed E-state index contributed by atoms with van der Waals surface area (Å²) in [6, 6.07) is 5.00. The van der Waals surface area contributed by atoms with Crippen LogP contribution in [0.5, 0.6) is 5.88 Å². The third kappa shape index (κ3) is 8.12. The molecule has 14 heteroatoms. The summed E-state index contributed by atoms with van der Waals surface area (Å²) in [4.78, 5) is 64.8. The zero-order valence-electron chi connectivity index (χ0n) is 27.9. The summed E-state index contributed by atoms with van der Waals surface area (Å²) in [6.45, 7) is 6.65. The molecular weight excluding hydrogens is 628 g/mol. The first kappa shape index (κ1) is 35.2. The van der Waals surface area contributed by atoms with Crippen molar-refractivity contribution in [3.63, 3.8) is 0 Å². The number of hydrogen-bond acceptors (Lipinski definition) is 9. The monoisotopic (exact) mass is 673 g/mol. The predicted molar refractivity (Wildman–Crippen MR) is 170 cm³/mol. The number of carbonyl (C=O) groups is 4. The number of alkyl carbamates (subject to hydrolysis) is 1. The maximum atomic E-state index is 15.5. The number of aromatic nitrogens is 2. The van der Waals surface area contributed by atoms with Crippen LogP contribution < -0.4 is 15.4 Å². The average molecular weight is 674 g/mol. The zero-order valence-corrected chi connectivity index (χ0v) is 27.9. The van der Waals surface area contributed by atoms with E-state index in [2.05, 4.69) is 20.6 Å². The number of alkyl halides is 2. The lowest BCUT2D eigenvalue weighted by molar-refractivity contribution is -0.155. The summed E-state index contributed by atoms with van der Waals surface area (Å²) < 4.78 is 47.8. The molecule has 5 rings (SSSR count). The molecule has 0 spiro atoms. The van der Waals surface area contributed by atoms with Crippen molar-refractivity contribution in [2.45, 2.75) is 121 Å². The lowest BCUT2D eigenvalue weighted by atomic mass is 9.90. The number of para-hydroxylation sites is 2. The molecule has 2 aromatic rings. The van der Waals surface area contributed by atoms with E-state index in [-0.39, 0.29) is 57.6 Å². The molecule has 3 heterocycles. The highest BCUT2D eigenvalue weighted by molar-refractivity contribution is 5.95. The van der Waals surface area contributed by atoms with Crippen LogP contribution in [0.2, 0.25) is 0 Å². The first-order valence-corrected chi connectivity index (χ1v) is 16.8. The van der Waals surface area contributed by atoms with Crippen LogP contribution in [-0.2, 0) is 23.9 Å². The Kier molecular flexibility index (Phi) is 10.4. The van der Waals surface area contributed by atoms with Crippen LogP contribution in [0, 0.1) is 5.92 Å². The minimum atomic E-state index is -3.07. The van der Waals surface area contributed by atoms with Crippen molar-refractivity contribution in [3.05, 3.63) is 30.5 Å². The van der Waals surface area contributed by atoms with Gasteiger partial charge in [0.25, 0.3) is 5.92 Å². The van der Waals surface area contributed by atoms with Crippen molar-refractivity contribution >= 4 is 34.9 Å². The first-order chi connectivity index (χ1) is 22.7. The standard InChI is InChI=1S/C34H45F2N5O7/c1-5-46-30(44)33-16-14-21(18-33)34(35,36)15-10-6-7-13-25(39-31(45)48-32(2,3)4)29(43)41-20-22(17-26(41)28(42)40-33)47-27-19-37-23-11-8-9-12-24(23)38-27/h8-9,11-12,19,21-22,25-26H,5-7,10,13-18,20H2,1-4H3,(H,39,45)(H,40,42)/t21?,22-,25+,26+,33-/m1/s1. The molecular formula is C34H45F2N5O7. The van der Waals surface area contributed by atoms with Crippen LogP contribution in [0.15, 0.2) is 30.5 Å². The van der Waals surface area contributed by atoms with Gasteiger partial charge in [-0.05, 0) is 71.9 Å². The number of ether oxygens (including phenoxy) is 3. The summed E-state index contributed by atoms with van der Waals surface area (Å²) in [5.74, 6) is -6.02. The van der Waals surface area contributed by atoms with Crippen molar-refractivity contribution in [3.8, 4) is 5.88 Å². The van der Waals surface area contributed by atoms with Gasteiger partial charge in [-0.1, -0.05) is 25.0 Å². The highest BCUT2D eigenvalue weighted by Crippen LogP contribution is 2.46. The minimum absolute atomic E-state index is 0.00623. The maximum absolute atomic E-state index is 15.5. The molecule has 2 N–H and O–H groups in total. The van der Waals surface area contributed by atoms with Crippen LogP contribution in [0.1, 0.15) is 85.5 Å². The largest absolute Gasteiger partial charge is 0.471 e. The fourth-order valence-electron chi connectivity index (χ4n) is 6.88. The van der Waals surface area contributed by atoms with Crippen molar-refractivity contribution in [2.24, 2.45) is 5.92 Å². The average Bonchev–Trinajstić information content (AvgIpc) is 3.65. The van der Waals surface area contributed by atoms with E-state index in [1.54, 1.807) is 33.8 Å². The third-order valence-electron chi connectivity index (χ3n) is 9.19. The molecule has 48 heavy (non-hydrogen) atoms. The molecule has 12 nitrogen and oxygen atoms in total. The van der Waals surface area contributed by atoms with E-state index < -0.39 is 71.5 Å². The summed E-state index contributed by atoms with van der Waals surface area (Å²) in [5, 5.41) is 5.41.